The number of primary amides is 1. The van der Waals surface area contributed by atoms with E-state index in [4.69, 9.17) is 22.9 Å². The third-order valence-electron chi connectivity index (χ3n) is 7.33. The van der Waals surface area contributed by atoms with Crippen LogP contribution in [0.2, 0.25) is 0 Å². The van der Waals surface area contributed by atoms with Crippen molar-refractivity contribution in [1.82, 2.24) is 20.9 Å². The second kappa shape index (κ2) is 17.2. The van der Waals surface area contributed by atoms with E-state index in [2.05, 4.69) is 25.9 Å². The number of hydrogen-bond donors (Lipinski definition) is 10. The molecule has 0 spiro atoms. The minimum atomic E-state index is -1.37. The van der Waals surface area contributed by atoms with Crippen molar-refractivity contribution in [3.63, 3.8) is 0 Å². The van der Waals surface area contributed by atoms with E-state index in [9.17, 15) is 34.2 Å². The number of guanidine groups is 1. The maximum absolute atomic E-state index is 13.5. The van der Waals surface area contributed by atoms with Crippen molar-refractivity contribution >= 4 is 46.5 Å². The number of aliphatic carboxylic acids is 1. The molecule has 4 atom stereocenters. The number of aromatic hydroxyl groups is 1. The maximum Gasteiger partial charge on any atom is 0.326 e. The van der Waals surface area contributed by atoms with Crippen molar-refractivity contribution in [3.8, 4) is 5.75 Å². The van der Waals surface area contributed by atoms with Gasteiger partial charge in [0.1, 0.15) is 23.9 Å². The highest BCUT2D eigenvalue weighted by Crippen LogP contribution is 2.19. The molecular weight excluding hydrogens is 610 g/mol. The number of carbonyl (C=O) groups is 5. The van der Waals surface area contributed by atoms with Crippen molar-refractivity contribution < 1.29 is 34.2 Å². The number of rotatable bonds is 18. The lowest BCUT2D eigenvalue weighted by molar-refractivity contribution is -0.142. The lowest BCUT2D eigenvalue weighted by atomic mass is 10.0. The van der Waals surface area contributed by atoms with Gasteiger partial charge in [-0.15, -0.1) is 0 Å². The van der Waals surface area contributed by atoms with Crippen molar-refractivity contribution in [3.05, 3.63) is 65.9 Å². The van der Waals surface area contributed by atoms with Crippen LogP contribution in [0.5, 0.6) is 5.75 Å². The molecule has 16 heteroatoms. The van der Waals surface area contributed by atoms with Gasteiger partial charge in [-0.2, -0.15) is 0 Å². The molecule has 0 aliphatic rings. The topological polar surface area (TPSA) is 294 Å². The Kier molecular flexibility index (Phi) is 13.1. The Morgan fingerprint density at radius 1 is 0.809 bits per heavy atom. The molecule has 0 radical (unpaired) electrons. The summed E-state index contributed by atoms with van der Waals surface area (Å²) in [6, 6.07) is 8.37. The number of aromatic amines is 1. The maximum atomic E-state index is 13.5. The summed E-state index contributed by atoms with van der Waals surface area (Å²) in [7, 11) is 0. The smallest absolute Gasteiger partial charge is 0.326 e. The van der Waals surface area contributed by atoms with E-state index in [1.165, 1.54) is 12.1 Å². The number of carboxylic acids is 1. The molecule has 3 aromatic rings. The molecule has 47 heavy (non-hydrogen) atoms. The summed E-state index contributed by atoms with van der Waals surface area (Å²) in [6.07, 6.45) is 1.46. The minimum Gasteiger partial charge on any atom is -0.508 e. The average Bonchev–Trinajstić information content (AvgIpc) is 3.43. The number of amides is 4. The number of carbonyl (C=O) groups excluding carboxylic acids is 4. The van der Waals surface area contributed by atoms with Gasteiger partial charge in [0.15, 0.2) is 5.96 Å². The largest absolute Gasteiger partial charge is 0.508 e. The number of para-hydroxylation sites is 1. The number of carboxylic acid groups (broad SMARTS) is 1. The molecule has 0 fully saturated rings. The van der Waals surface area contributed by atoms with E-state index in [-0.39, 0.29) is 56.8 Å². The molecule has 3 rings (SSSR count). The van der Waals surface area contributed by atoms with Crippen LogP contribution in [0, 0.1) is 0 Å². The van der Waals surface area contributed by atoms with E-state index in [0.29, 0.717) is 11.1 Å². The quantitative estimate of drug-likeness (QED) is 0.0447. The molecule has 0 bridgehead atoms. The van der Waals surface area contributed by atoms with Crippen LogP contribution in [0.25, 0.3) is 10.9 Å². The van der Waals surface area contributed by atoms with Gasteiger partial charge in [0.25, 0.3) is 0 Å². The second-order valence-electron chi connectivity index (χ2n) is 11.0. The van der Waals surface area contributed by atoms with E-state index in [1.54, 1.807) is 24.4 Å². The number of phenolic OH excluding ortho intramolecular Hbond substituents is 1. The zero-order valence-corrected chi connectivity index (χ0v) is 25.6. The fraction of sp³-hybridized carbons (Fsp3) is 0.355. The molecule has 2 aromatic carbocycles. The van der Waals surface area contributed by atoms with Crippen molar-refractivity contribution in [1.29, 1.82) is 0 Å². The van der Waals surface area contributed by atoms with Crippen LogP contribution >= 0.6 is 0 Å². The molecule has 0 aliphatic carbocycles. The summed E-state index contributed by atoms with van der Waals surface area (Å²) in [6.45, 7) is 0.140. The fourth-order valence-corrected chi connectivity index (χ4v) is 4.85. The van der Waals surface area contributed by atoms with Crippen LogP contribution in [0.3, 0.4) is 0 Å². The van der Waals surface area contributed by atoms with Crippen LogP contribution in [-0.2, 0) is 36.8 Å². The molecule has 16 nitrogen and oxygen atoms in total. The molecule has 4 amide bonds. The summed E-state index contributed by atoms with van der Waals surface area (Å²) in [4.78, 5) is 70.6. The molecule has 14 N–H and O–H groups in total. The summed E-state index contributed by atoms with van der Waals surface area (Å²) in [5.41, 5.74) is 24.3. The number of hydrogen-bond acceptors (Lipinski definition) is 8. The Morgan fingerprint density at radius 2 is 1.43 bits per heavy atom. The van der Waals surface area contributed by atoms with E-state index < -0.39 is 53.8 Å². The summed E-state index contributed by atoms with van der Waals surface area (Å²) in [5, 5.41) is 27.8. The first kappa shape index (κ1) is 35.8. The number of H-pyrrole nitrogens is 1. The first-order valence-corrected chi connectivity index (χ1v) is 14.9. The molecule has 0 saturated heterocycles. The highest BCUT2D eigenvalue weighted by molar-refractivity contribution is 5.94. The van der Waals surface area contributed by atoms with E-state index in [1.807, 2.05) is 18.2 Å². The van der Waals surface area contributed by atoms with Gasteiger partial charge in [-0.1, -0.05) is 30.3 Å². The van der Waals surface area contributed by atoms with Gasteiger partial charge in [0.2, 0.25) is 23.6 Å². The zero-order valence-electron chi connectivity index (χ0n) is 25.6. The van der Waals surface area contributed by atoms with Crippen molar-refractivity contribution in [2.45, 2.75) is 62.7 Å². The normalized spacial score (nSPS) is 13.5. The van der Waals surface area contributed by atoms with Crippen LogP contribution < -0.4 is 38.9 Å². The molecule has 0 saturated carbocycles. The highest BCUT2D eigenvalue weighted by atomic mass is 16.4. The van der Waals surface area contributed by atoms with Gasteiger partial charge in [-0.3, -0.25) is 24.2 Å². The first-order chi connectivity index (χ1) is 22.3. The predicted molar refractivity (Wildman–Crippen MR) is 174 cm³/mol. The van der Waals surface area contributed by atoms with Crippen LogP contribution in [0.4, 0.5) is 0 Å². The molecule has 1 heterocycles. The Labute approximate surface area is 270 Å². The molecular formula is C31H41N9O7. The highest BCUT2D eigenvalue weighted by Gasteiger charge is 2.31. The van der Waals surface area contributed by atoms with Crippen molar-refractivity contribution in [2.75, 3.05) is 6.54 Å². The number of fused-ring (bicyclic) bond motifs is 1. The Hall–Kier alpha value is -5.64. The van der Waals surface area contributed by atoms with Gasteiger partial charge < -0.3 is 54.1 Å². The van der Waals surface area contributed by atoms with Gasteiger partial charge in [-0.25, -0.2) is 4.79 Å². The standard InChI is InChI=1S/C31H41N9O7/c32-21(14-17-7-9-19(41)10-8-17)27(43)38-23(6-3-13-36-31(34)35)28(44)39-24(11-12-26(33)42)29(45)40-25(30(46)47)15-18-16-37-22-5-2-1-4-20(18)22/h1-2,4-5,7-10,16,21,23-25,37,41H,3,6,11-15,32H2,(H2,33,42)(H,38,43)(H,39,44)(H,40,45)(H,46,47)(H4,34,35,36). The number of nitrogens with one attached hydrogen (secondary N) is 4. The van der Waals surface area contributed by atoms with Crippen molar-refractivity contribution in [2.24, 2.45) is 27.9 Å². The minimum absolute atomic E-state index is 0.0444. The monoisotopic (exact) mass is 651 g/mol. The van der Waals surface area contributed by atoms with Crippen LogP contribution in [0.15, 0.2) is 59.7 Å². The lowest BCUT2D eigenvalue weighted by Gasteiger charge is -2.25. The second-order valence-corrected chi connectivity index (χ2v) is 11.0. The number of aliphatic imine (C=N–C) groups is 1. The number of nitrogens with two attached hydrogens (primary N) is 4. The van der Waals surface area contributed by atoms with Gasteiger partial charge in [0.05, 0.1) is 6.04 Å². The van der Waals surface area contributed by atoms with E-state index >= 15 is 0 Å². The number of aromatic nitrogens is 1. The molecule has 0 aliphatic heterocycles. The first-order valence-electron chi connectivity index (χ1n) is 14.9. The SMILES string of the molecule is NC(=O)CCC(NC(=O)C(CCCN=C(N)N)NC(=O)C(N)Cc1ccc(O)cc1)C(=O)NC(Cc1c[nH]c2ccccc12)C(=O)O. The lowest BCUT2D eigenvalue weighted by Crippen LogP contribution is -2.57. The summed E-state index contributed by atoms with van der Waals surface area (Å²) >= 11 is 0. The van der Waals surface area contributed by atoms with Gasteiger partial charge >= 0.3 is 5.97 Å². The molecule has 4 unspecified atom stereocenters. The van der Waals surface area contributed by atoms with E-state index in [0.717, 1.165) is 10.9 Å². The third-order valence-corrected chi connectivity index (χ3v) is 7.33. The number of benzene rings is 2. The third kappa shape index (κ3) is 11.3. The van der Waals surface area contributed by atoms with Gasteiger partial charge in [0, 0.05) is 36.5 Å². The van der Waals surface area contributed by atoms with Crippen LogP contribution in [0.1, 0.15) is 36.8 Å². The summed E-state index contributed by atoms with van der Waals surface area (Å²) in [5.74, 6) is -4.47. The fourth-order valence-electron chi connectivity index (χ4n) is 4.85. The number of phenols is 1. The Balaban J connectivity index is 1.75. The average molecular weight is 652 g/mol. The van der Waals surface area contributed by atoms with Gasteiger partial charge in [-0.05, 0) is 55.0 Å². The predicted octanol–water partition coefficient (Wildman–Crippen LogP) is -1.16. The van der Waals surface area contributed by atoms with Crippen LogP contribution in [-0.4, -0.2) is 81.5 Å². The Morgan fingerprint density at radius 3 is 2.06 bits per heavy atom. The zero-order chi connectivity index (χ0) is 34.5. The number of nitrogens with zero attached hydrogens (tertiary/aromatic N) is 1. The molecule has 252 valence electrons. The Bertz CT molecular complexity index is 1590. The summed E-state index contributed by atoms with van der Waals surface area (Å²) < 4.78 is 0. The molecule has 1 aromatic heterocycles.